The molecule has 0 saturated carbocycles. The highest BCUT2D eigenvalue weighted by atomic mass is 79.9. The maximum Gasteiger partial charge on any atom is 0.335 e. The molecular formula is C23H20BrClFNO4. The lowest BCUT2D eigenvalue weighted by molar-refractivity contribution is 0.0697. The lowest BCUT2D eigenvalue weighted by atomic mass is 10.1. The molecule has 3 rings (SSSR count). The predicted molar refractivity (Wildman–Crippen MR) is 122 cm³/mol. The first-order chi connectivity index (χ1) is 14.9. The van der Waals surface area contributed by atoms with E-state index in [-0.39, 0.29) is 12.2 Å². The second kappa shape index (κ2) is 10.5. The molecule has 162 valence electrons. The lowest BCUT2D eigenvalue weighted by Gasteiger charge is -2.16. The van der Waals surface area contributed by atoms with E-state index < -0.39 is 11.8 Å². The highest BCUT2D eigenvalue weighted by Crippen LogP contribution is 2.38. The van der Waals surface area contributed by atoms with Crippen LogP contribution < -0.4 is 14.8 Å². The molecule has 0 fully saturated rings. The van der Waals surface area contributed by atoms with Gasteiger partial charge in [0.1, 0.15) is 12.4 Å². The molecule has 0 heterocycles. The summed E-state index contributed by atoms with van der Waals surface area (Å²) < 4.78 is 25.6. The first kappa shape index (κ1) is 22.9. The number of aromatic carboxylic acids is 1. The molecule has 0 unspecified atom stereocenters. The molecule has 0 saturated heterocycles. The van der Waals surface area contributed by atoms with Gasteiger partial charge >= 0.3 is 5.97 Å². The third-order valence-electron chi connectivity index (χ3n) is 4.38. The van der Waals surface area contributed by atoms with Gasteiger partial charge in [0.2, 0.25) is 0 Å². The first-order valence-corrected chi connectivity index (χ1v) is 10.6. The van der Waals surface area contributed by atoms with Crippen molar-refractivity contribution in [2.24, 2.45) is 0 Å². The maximum atomic E-state index is 13.2. The maximum absolute atomic E-state index is 13.2. The van der Waals surface area contributed by atoms with Crippen molar-refractivity contribution in [3.63, 3.8) is 0 Å². The molecule has 0 amide bonds. The summed E-state index contributed by atoms with van der Waals surface area (Å²) in [4.78, 5) is 11.0. The number of ether oxygens (including phenoxy) is 2. The summed E-state index contributed by atoms with van der Waals surface area (Å²) in [7, 11) is 0. The average molecular weight is 509 g/mol. The number of carboxylic acids is 1. The summed E-state index contributed by atoms with van der Waals surface area (Å²) in [5, 5.41) is 12.5. The number of benzene rings is 3. The zero-order valence-corrected chi connectivity index (χ0v) is 19.0. The fourth-order valence-electron chi connectivity index (χ4n) is 2.85. The topological polar surface area (TPSA) is 67.8 Å². The van der Waals surface area contributed by atoms with Crippen molar-refractivity contribution in [1.82, 2.24) is 0 Å². The van der Waals surface area contributed by atoms with Crippen molar-refractivity contribution in [1.29, 1.82) is 0 Å². The van der Waals surface area contributed by atoms with E-state index in [0.717, 1.165) is 11.3 Å². The molecule has 0 spiro atoms. The molecule has 0 aliphatic rings. The molecule has 8 heteroatoms. The van der Waals surface area contributed by atoms with E-state index in [4.69, 9.17) is 26.2 Å². The van der Waals surface area contributed by atoms with Crippen molar-refractivity contribution in [3.05, 3.63) is 86.6 Å². The predicted octanol–water partition coefficient (Wildman–Crippen LogP) is 6.53. The Kier molecular flexibility index (Phi) is 7.76. The molecule has 0 atom stereocenters. The molecule has 0 radical (unpaired) electrons. The second-order valence-electron chi connectivity index (χ2n) is 6.60. The van der Waals surface area contributed by atoms with E-state index >= 15 is 0 Å². The van der Waals surface area contributed by atoms with Gasteiger partial charge in [-0.25, -0.2) is 9.18 Å². The van der Waals surface area contributed by atoms with Crippen molar-refractivity contribution in [3.8, 4) is 11.5 Å². The van der Waals surface area contributed by atoms with Crippen LogP contribution >= 0.6 is 27.5 Å². The van der Waals surface area contributed by atoms with Gasteiger partial charge in [-0.1, -0.05) is 17.7 Å². The van der Waals surface area contributed by atoms with Crippen molar-refractivity contribution < 1.29 is 23.8 Å². The molecule has 0 aliphatic heterocycles. The summed E-state index contributed by atoms with van der Waals surface area (Å²) in [6.07, 6.45) is 0. The smallest absolute Gasteiger partial charge is 0.335 e. The SMILES string of the molecule is CCOc1cc(CNc2ccc(C(=O)O)cc2)cc(Br)c1OCc1ccc(F)cc1Cl. The van der Waals surface area contributed by atoms with Crippen molar-refractivity contribution in [2.45, 2.75) is 20.1 Å². The fraction of sp³-hybridized carbons (Fsp3) is 0.174. The minimum Gasteiger partial charge on any atom is -0.490 e. The third kappa shape index (κ3) is 6.12. The number of rotatable bonds is 9. The summed E-state index contributed by atoms with van der Waals surface area (Å²) in [5.41, 5.74) is 2.62. The summed E-state index contributed by atoms with van der Waals surface area (Å²) in [6, 6.07) is 14.5. The van der Waals surface area contributed by atoms with E-state index in [1.807, 2.05) is 19.1 Å². The van der Waals surface area contributed by atoms with E-state index in [2.05, 4.69) is 21.2 Å². The highest BCUT2D eigenvalue weighted by molar-refractivity contribution is 9.10. The van der Waals surface area contributed by atoms with Gasteiger partial charge in [-0.15, -0.1) is 0 Å². The van der Waals surface area contributed by atoms with Crippen LogP contribution in [0.4, 0.5) is 10.1 Å². The number of hydrogen-bond donors (Lipinski definition) is 2. The van der Waals surface area contributed by atoms with Gasteiger partial charge in [-0.3, -0.25) is 0 Å². The van der Waals surface area contributed by atoms with Crippen LogP contribution in [0.2, 0.25) is 5.02 Å². The van der Waals surface area contributed by atoms with Gasteiger partial charge in [0, 0.05) is 17.8 Å². The van der Waals surface area contributed by atoms with Gasteiger partial charge < -0.3 is 19.9 Å². The molecule has 31 heavy (non-hydrogen) atoms. The normalized spacial score (nSPS) is 10.6. The van der Waals surface area contributed by atoms with Crippen LogP contribution in [-0.4, -0.2) is 17.7 Å². The van der Waals surface area contributed by atoms with Crippen molar-refractivity contribution >= 4 is 39.2 Å². The average Bonchev–Trinajstić information content (AvgIpc) is 2.73. The first-order valence-electron chi connectivity index (χ1n) is 9.46. The fourth-order valence-corrected chi connectivity index (χ4v) is 3.68. The number of anilines is 1. The Morgan fingerprint density at radius 1 is 1.13 bits per heavy atom. The quantitative estimate of drug-likeness (QED) is 0.344. The Labute approximate surface area is 192 Å². The van der Waals surface area contributed by atoms with Crippen LogP contribution in [-0.2, 0) is 13.2 Å². The number of nitrogens with one attached hydrogen (secondary N) is 1. The summed E-state index contributed by atoms with van der Waals surface area (Å²) in [6.45, 7) is 2.98. The van der Waals surface area contributed by atoms with Crippen LogP contribution in [0.15, 0.2) is 59.1 Å². The molecule has 5 nitrogen and oxygen atoms in total. The van der Waals surface area contributed by atoms with Crippen LogP contribution in [0.1, 0.15) is 28.4 Å². The van der Waals surface area contributed by atoms with E-state index in [9.17, 15) is 9.18 Å². The Morgan fingerprint density at radius 2 is 1.87 bits per heavy atom. The van der Waals surface area contributed by atoms with Gasteiger partial charge in [-0.05, 0) is 76.9 Å². The van der Waals surface area contributed by atoms with Gasteiger partial charge in [0.25, 0.3) is 0 Å². The van der Waals surface area contributed by atoms with Crippen LogP contribution in [0.25, 0.3) is 0 Å². The van der Waals surface area contributed by atoms with E-state index in [1.54, 1.807) is 30.3 Å². The van der Waals surface area contributed by atoms with Crippen LogP contribution in [0, 0.1) is 5.82 Å². The Bertz CT molecular complexity index is 1080. The molecule has 0 bridgehead atoms. The van der Waals surface area contributed by atoms with Gasteiger partial charge in [0.05, 0.1) is 21.7 Å². The summed E-state index contributed by atoms with van der Waals surface area (Å²) >= 11 is 9.62. The van der Waals surface area contributed by atoms with Crippen LogP contribution in [0.3, 0.4) is 0 Å². The molecule has 2 N–H and O–H groups in total. The third-order valence-corrected chi connectivity index (χ3v) is 5.33. The monoisotopic (exact) mass is 507 g/mol. The Balaban J connectivity index is 1.73. The van der Waals surface area contributed by atoms with E-state index in [1.165, 1.54) is 12.1 Å². The molecular weight excluding hydrogens is 489 g/mol. The number of carboxylic acid groups (broad SMARTS) is 1. The molecule has 3 aromatic rings. The zero-order valence-electron chi connectivity index (χ0n) is 16.6. The largest absolute Gasteiger partial charge is 0.490 e. The standard InChI is InChI=1S/C23H20BrClFNO4/c1-2-30-21-10-14(12-27-18-7-4-15(5-8-18)23(28)29)9-19(24)22(21)31-13-16-3-6-17(26)11-20(16)25/h3-11,27H,2,12-13H2,1H3,(H,28,29). The zero-order chi connectivity index (χ0) is 22.4. The number of carbonyl (C=O) groups is 1. The minimum absolute atomic E-state index is 0.158. The molecule has 3 aromatic carbocycles. The van der Waals surface area contributed by atoms with E-state index in [0.29, 0.717) is 39.7 Å². The van der Waals surface area contributed by atoms with Gasteiger partial charge in [-0.2, -0.15) is 0 Å². The number of hydrogen-bond acceptors (Lipinski definition) is 4. The van der Waals surface area contributed by atoms with Crippen LogP contribution in [0.5, 0.6) is 11.5 Å². The lowest BCUT2D eigenvalue weighted by Crippen LogP contribution is -2.04. The summed E-state index contributed by atoms with van der Waals surface area (Å²) in [5.74, 6) is -0.279. The highest BCUT2D eigenvalue weighted by Gasteiger charge is 2.14. The Hall–Kier alpha value is -2.77. The molecule has 0 aromatic heterocycles. The minimum atomic E-state index is -0.964. The molecule has 0 aliphatic carbocycles. The van der Waals surface area contributed by atoms with Crippen molar-refractivity contribution in [2.75, 3.05) is 11.9 Å². The second-order valence-corrected chi connectivity index (χ2v) is 7.86. The van der Waals surface area contributed by atoms with Gasteiger partial charge in [0.15, 0.2) is 11.5 Å². The Morgan fingerprint density at radius 3 is 2.52 bits per heavy atom. The number of halogens is 3.